The van der Waals surface area contributed by atoms with E-state index in [0.717, 1.165) is 19.0 Å². The van der Waals surface area contributed by atoms with Crippen molar-refractivity contribution in [2.24, 2.45) is 0 Å². The quantitative estimate of drug-likeness (QED) is 0.831. The molecule has 1 aromatic rings. The highest BCUT2D eigenvalue weighted by Crippen LogP contribution is 2.21. The molecule has 0 saturated heterocycles. The molecule has 0 bridgehead atoms. The van der Waals surface area contributed by atoms with E-state index < -0.39 is 5.82 Å². The highest BCUT2D eigenvalue weighted by Gasteiger charge is 2.14. The van der Waals surface area contributed by atoms with E-state index in [0.29, 0.717) is 6.04 Å². The molecule has 1 aliphatic carbocycles. The first-order valence-corrected chi connectivity index (χ1v) is 6.30. The van der Waals surface area contributed by atoms with Crippen LogP contribution in [0.4, 0.5) is 16.2 Å². The van der Waals surface area contributed by atoms with Crippen molar-refractivity contribution in [3.63, 3.8) is 0 Å². The zero-order valence-electron chi connectivity index (χ0n) is 9.95. The molecular weight excluding hydrogens is 219 g/mol. The molecule has 0 spiro atoms. The number of nitrogens with two attached hydrogens (primary N) is 1. The van der Waals surface area contributed by atoms with Gasteiger partial charge in [0.2, 0.25) is 5.95 Å². The summed E-state index contributed by atoms with van der Waals surface area (Å²) < 4.78 is 13.5. The van der Waals surface area contributed by atoms with E-state index in [-0.39, 0.29) is 11.8 Å². The summed E-state index contributed by atoms with van der Waals surface area (Å²) in [5, 5.41) is 3.15. The first-order valence-electron chi connectivity index (χ1n) is 6.30. The Labute approximate surface area is 101 Å². The zero-order chi connectivity index (χ0) is 12.1. The van der Waals surface area contributed by atoms with Gasteiger partial charge >= 0.3 is 0 Å². The van der Waals surface area contributed by atoms with Crippen molar-refractivity contribution in [1.82, 2.24) is 9.97 Å². The maximum Gasteiger partial charge on any atom is 0.222 e. The van der Waals surface area contributed by atoms with Crippen LogP contribution in [0.25, 0.3) is 0 Å². The molecule has 4 nitrogen and oxygen atoms in total. The second-order valence-corrected chi connectivity index (χ2v) is 4.61. The number of rotatable bonds is 2. The summed E-state index contributed by atoms with van der Waals surface area (Å²) >= 11 is 0. The van der Waals surface area contributed by atoms with Gasteiger partial charge in [-0.1, -0.05) is 32.1 Å². The number of hydrogen-bond donors (Lipinski definition) is 2. The molecule has 1 saturated carbocycles. The molecule has 94 valence electrons. The van der Waals surface area contributed by atoms with Crippen molar-refractivity contribution in [1.29, 1.82) is 0 Å². The monoisotopic (exact) mass is 238 g/mol. The molecule has 1 aliphatic rings. The summed E-state index contributed by atoms with van der Waals surface area (Å²) in [6.45, 7) is 0. The summed E-state index contributed by atoms with van der Waals surface area (Å²) in [6, 6.07) is 0.305. The molecule has 0 aliphatic heterocycles. The Bertz CT molecular complexity index is 362. The Morgan fingerprint density at radius 3 is 2.53 bits per heavy atom. The maximum atomic E-state index is 13.5. The van der Waals surface area contributed by atoms with E-state index in [2.05, 4.69) is 15.3 Å². The van der Waals surface area contributed by atoms with Crippen LogP contribution in [0, 0.1) is 5.82 Å². The molecule has 0 unspecified atom stereocenters. The number of aromatic nitrogens is 2. The lowest BCUT2D eigenvalue weighted by Gasteiger charge is -2.21. The first kappa shape index (κ1) is 12.1. The number of hydrogen-bond acceptors (Lipinski definition) is 4. The fourth-order valence-electron chi connectivity index (χ4n) is 2.28. The molecule has 0 aromatic carbocycles. The fourth-order valence-corrected chi connectivity index (χ4v) is 2.28. The van der Waals surface area contributed by atoms with Crippen molar-refractivity contribution in [2.75, 3.05) is 11.1 Å². The molecule has 5 heteroatoms. The summed E-state index contributed by atoms with van der Waals surface area (Å²) in [7, 11) is 0. The third-order valence-electron chi connectivity index (χ3n) is 3.21. The number of nitrogen functional groups attached to an aromatic ring is 1. The largest absolute Gasteiger partial charge is 0.368 e. The molecule has 1 fully saturated rings. The smallest absolute Gasteiger partial charge is 0.222 e. The van der Waals surface area contributed by atoms with Gasteiger partial charge in [-0.3, -0.25) is 0 Å². The van der Waals surface area contributed by atoms with E-state index >= 15 is 0 Å². The third kappa shape index (κ3) is 3.54. The highest BCUT2D eigenvalue weighted by atomic mass is 19.1. The van der Waals surface area contributed by atoms with Crippen LogP contribution in [-0.2, 0) is 0 Å². The van der Waals surface area contributed by atoms with Crippen LogP contribution >= 0.6 is 0 Å². The standard InChI is InChI=1S/C12H19FN4/c13-10-8-15-12(14)17-11(10)16-9-6-4-2-1-3-5-7-9/h8-9H,1-7H2,(H3,14,15,16,17). The van der Waals surface area contributed by atoms with Crippen LogP contribution in [0.2, 0.25) is 0 Å². The van der Waals surface area contributed by atoms with Gasteiger partial charge in [-0.05, 0) is 12.8 Å². The van der Waals surface area contributed by atoms with Crippen molar-refractivity contribution < 1.29 is 4.39 Å². The Kier molecular flexibility index (Phi) is 4.12. The SMILES string of the molecule is Nc1ncc(F)c(NC2CCCCCCC2)n1. The zero-order valence-corrected chi connectivity index (χ0v) is 9.95. The Balaban J connectivity index is 2.00. The van der Waals surface area contributed by atoms with Crippen LogP contribution < -0.4 is 11.1 Å². The Hall–Kier alpha value is -1.39. The lowest BCUT2D eigenvalue weighted by Crippen LogP contribution is -2.22. The third-order valence-corrected chi connectivity index (χ3v) is 3.21. The molecule has 0 amide bonds. The summed E-state index contributed by atoms with van der Waals surface area (Å²) in [6.07, 6.45) is 9.51. The van der Waals surface area contributed by atoms with Crippen molar-refractivity contribution in [2.45, 2.75) is 51.0 Å². The van der Waals surface area contributed by atoms with Crippen LogP contribution in [0.5, 0.6) is 0 Å². The summed E-state index contributed by atoms with van der Waals surface area (Å²) in [5.74, 6) is -0.0796. The van der Waals surface area contributed by atoms with Gasteiger partial charge in [-0.25, -0.2) is 9.37 Å². The minimum absolute atomic E-state index is 0.111. The molecule has 3 N–H and O–H groups in total. The minimum Gasteiger partial charge on any atom is -0.368 e. The van der Waals surface area contributed by atoms with Gasteiger partial charge in [0.15, 0.2) is 11.6 Å². The maximum absolute atomic E-state index is 13.5. The molecule has 1 aromatic heterocycles. The lowest BCUT2D eigenvalue weighted by molar-refractivity contribution is 0.468. The molecule has 0 radical (unpaired) electrons. The van der Waals surface area contributed by atoms with E-state index in [1.54, 1.807) is 0 Å². The predicted octanol–water partition coefficient (Wildman–Crippen LogP) is 2.72. The molecule has 0 atom stereocenters. The average Bonchev–Trinajstić information content (AvgIpc) is 2.27. The van der Waals surface area contributed by atoms with Gasteiger partial charge in [0.1, 0.15) is 0 Å². The fraction of sp³-hybridized carbons (Fsp3) is 0.667. The first-order chi connectivity index (χ1) is 8.25. The van der Waals surface area contributed by atoms with E-state index in [9.17, 15) is 4.39 Å². The van der Waals surface area contributed by atoms with Crippen LogP contribution in [0.3, 0.4) is 0 Å². The van der Waals surface area contributed by atoms with Crippen molar-refractivity contribution in [3.8, 4) is 0 Å². The van der Waals surface area contributed by atoms with Crippen molar-refractivity contribution in [3.05, 3.63) is 12.0 Å². The van der Waals surface area contributed by atoms with Crippen LogP contribution in [0.15, 0.2) is 6.20 Å². The van der Waals surface area contributed by atoms with E-state index in [4.69, 9.17) is 5.73 Å². The summed E-state index contributed by atoms with van der Waals surface area (Å²) in [4.78, 5) is 7.52. The summed E-state index contributed by atoms with van der Waals surface area (Å²) in [5.41, 5.74) is 5.46. The van der Waals surface area contributed by atoms with E-state index in [1.807, 2.05) is 0 Å². The minimum atomic E-state index is -0.429. The number of nitrogens with zero attached hydrogens (tertiary/aromatic N) is 2. The predicted molar refractivity (Wildman–Crippen MR) is 66.1 cm³/mol. The second kappa shape index (κ2) is 5.80. The van der Waals surface area contributed by atoms with Crippen molar-refractivity contribution >= 4 is 11.8 Å². The number of anilines is 2. The van der Waals surface area contributed by atoms with Crippen LogP contribution in [0.1, 0.15) is 44.9 Å². The van der Waals surface area contributed by atoms with Crippen LogP contribution in [-0.4, -0.2) is 16.0 Å². The van der Waals surface area contributed by atoms with Gasteiger partial charge in [0.05, 0.1) is 6.20 Å². The number of halogens is 1. The average molecular weight is 238 g/mol. The lowest BCUT2D eigenvalue weighted by atomic mass is 9.97. The van der Waals surface area contributed by atoms with E-state index in [1.165, 1.54) is 32.1 Å². The van der Waals surface area contributed by atoms with Gasteiger partial charge in [0.25, 0.3) is 0 Å². The molecule has 2 rings (SSSR count). The normalized spacial score (nSPS) is 18.4. The Morgan fingerprint density at radius 2 is 1.82 bits per heavy atom. The topological polar surface area (TPSA) is 63.8 Å². The van der Waals surface area contributed by atoms with Gasteiger partial charge < -0.3 is 11.1 Å². The van der Waals surface area contributed by atoms with Gasteiger partial charge in [0, 0.05) is 6.04 Å². The molecular formula is C12H19FN4. The second-order valence-electron chi connectivity index (χ2n) is 4.61. The van der Waals surface area contributed by atoms with Gasteiger partial charge in [-0.2, -0.15) is 4.98 Å². The van der Waals surface area contributed by atoms with Gasteiger partial charge in [-0.15, -0.1) is 0 Å². The molecule has 1 heterocycles. The highest BCUT2D eigenvalue weighted by molar-refractivity contribution is 5.40. The Morgan fingerprint density at radius 1 is 1.18 bits per heavy atom. The molecule has 17 heavy (non-hydrogen) atoms. The number of nitrogens with one attached hydrogen (secondary N) is 1.